The molecule has 7 nitrogen and oxygen atoms in total. The highest BCUT2D eigenvalue weighted by Crippen LogP contribution is 2.29. The van der Waals surface area contributed by atoms with Gasteiger partial charge in [-0.2, -0.15) is 20.5 Å². The quantitative estimate of drug-likeness (QED) is 0.142. The maximum absolute atomic E-state index is 11.4. The Labute approximate surface area is 199 Å². The minimum Gasteiger partial charge on any atom is -0.490 e. The molecule has 0 aromatic heterocycles. The van der Waals surface area contributed by atoms with Crippen LogP contribution in [0, 0.1) is 20.8 Å². The zero-order valence-electron chi connectivity index (χ0n) is 19.9. The smallest absolute Gasteiger partial charge is 0.333 e. The highest BCUT2D eigenvalue weighted by atomic mass is 16.6. The summed E-state index contributed by atoms with van der Waals surface area (Å²) < 4.78 is 10.7. The van der Waals surface area contributed by atoms with Crippen LogP contribution in [0.3, 0.4) is 0 Å². The van der Waals surface area contributed by atoms with Gasteiger partial charge in [-0.3, -0.25) is 0 Å². The van der Waals surface area contributed by atoms with E-state index in [9.17, 15) is 4.79 Å². The molecule has 0 saturated carbocycles. The number of hydrogen-bond acceptors (Lipinski definition) is 7. The second-order valence-corrected chi connectivity index (χ2v) is 7.92. The van der Waals surface area contributed by atoms with Gasteiger partial charge in [-0.1, -0.05) is 24.3 Å². The van der Waals surface area contributed by atoms with Crippen LogP contribution in [0.25, 0.3) is 0 Å². The average Bonchev–Trinajstić information content (AvgIpc) is 2.81. The summed E-state index contributed by atoms with van der Waals surface area (Å²) in [6.07, 6.45) is 0. The third kappa shape index (κ3) is 7.20. The minimum atomic E-state index is -0.422. The molecule has 3 aromatic rings. The van der Waals surface area contributed by atoms with Crippen LogP contribution in [-0.2, 0) is 9.53 Å². The number of benzene rings is 3. The van der Waals surface area contributed by atoms with Crippen molar-refractivity contribution in [3.63, 3.8) is 0 Å². The van der Waals surface area contributed by atoms with Gasteiger partial charge in [0.2, 0.25) is 0 Å². The van der Waals surface area contributed by atoms with Crippen molar-refractivity contribution in [2.45, 2.75) is 27.7 Å². The topological polar surface area (TPSA) is 85.0 Å². The summed E-state index contributed by atoms with van der Waals surface area (Å²) in [7, 11) is 0. The zero-order valence-corrected chi connectivity index (χ0v) is 19.9. The van der Waals surface area contributed by atoms with E-state index in [4.69, 9.17) is 9.47 Å². The molecular weight excluding hydrogens is 428 g/mol. The zero-order chi connectivity index (χ0) is 24.5. The first-order valence-electron chi connectivity index (χ1n) is 10.9. The van der Waals surface area contributed by atoms with E-state index in [1.807, 2.05) is 81.4 Å². The lowest BCUT2D eigenvalue weighted by atomic mass is 10.2. The summed E-state index contributed by atoms with van der Waals surface area (Å²) in [5.74, 6) is 0.276. The molecule has 0 aliphatic heterocycles. The molecule has 0 saturated heterocycles. The Hall–Kier alpha value is -4.13. The van der Waals surface area contributed by atoms with E-state index < -0.39 is 5.97 Å². The van der Waals surface area contributed by atoms with Gasteiger partial charge >= 0.3 is 5.97 Å². The monoisotopic (exact) mass is 456 g/mol. The maximum Gasteiger partial charge on any atom is 0.333 e. The van der Waals surface area contributed by atoms with E-state index in [-0.39, 0.29) is 13.2 Å². The summed E-state index contributed by atoms with van der Waals surface area (Å²) in [6, 6.07) is 19.1. The predicted molar refractivity (Wildman–Crippen MR) is 133 cm³/mol. The molecule has 0 aliphatic rings. The minimum absolute atomic E-state index is 0.159. The molecular formula is C27H28N4O3. The summed E-state index contributed by atoms with van der Waals surface area (Å²) >= 11 is 0. The van der Waals surface area contributed by atoms with Gasteiger partial charge in [-0.25, -0.2) is 4.79 Å². The SMILES string of the molecule is C=C(C)C(=O)OCCOc1ccc(N=Nc2ccc(N=Nc3ccc(C)cc3)cc2C)cc1C. The van der Waals surface area contributed by atoms with E-state index in [1.54, 1.807) is 6.92 Å². The van der Waals surface area contributed by atoms with Crippen LogP contribution in [0.2, 0.25) is 0 Å². The largest absolute Gasteiger partial charge is 0.490 e. The molecule has 7 heteroatoms. The average molecular weight is 457 g/mol. The molecule has 0 amide bonds. The number of aryl methyl sites for hydroxylation is 3. The molecule has 3 rings (SSSR count). The summed E-state index contributed by atoms with van der Waals surface area (Å²) in [4.78, 5) is 11.4. The van der Waals surface area contributed by atoms with Crippen LogP contribution in [0.5, 0.6) is 5.75 Å². The van der Waals surface area contributed by atoms with Gasteiger partial charge < -0.3 is 9.47 Å². The second-order valence-electron chi connectivity index (χ2n) is 7.92. The first-order valence-corrected chi connectivity index (χ1v) is 10.9. The third-order valence-electron chi connectivity index (χ3n) is 4.85. The number of hydrogen-bond donors (Lipinski definition) is 0. The number of esters is 1. The van der Waals surface area contributed by atoms with Gasteiger partial charge in [-0.05, 0) is 87.4 Å². The number of azo groups is 2. The molecule has 174 valence electrons. The van der Waals surface area contributed by atoms with E-state index in [1.165, 1.54) is 5.56 Å². The molecule has 0 unspecified atom stereocenters. The van der Waals surface area contributed by atoms with Crippen LogP contribution in [0.1, 0.15) is 23.6 Å². The highest BCUT2D eigenvalue weighted by molar-refractivity contribution is 5.86. The van der Waals surface area contributed by atoms with E-state index in [0.717, 1.165) is 28.2 Å². The van der Waals surface area contributed by atoms with Gasteiger partial charge in [-0.15, -0.1) is 0 Å². The van der Waals surface area contributed by atoms with Crippen LogP contribution in [0.15, 0.2) is 93.3 Å². The predicted octanol–water partition coefficient (Wildman–Crippen LogP) is 7.94. The second kappa shape index (κ2) is 11.7. The van der Waals surface area contributed by atoms with Gasteiger partial charge in [0.1, 0.15) is 19.0 Å². The van der Waals surface area contributed by atoms with Crippen LogP contribution in [0.4, 0.5) is 22.7 Å². The Morgan fingerprint density at radius 2 is 1.35 bits per heavy atom. The van der Waals surface area contributed by atoms with Crippen molar-refractivity contribution < 1.29 is 14.3 Å². The van der Waals surface area contributed by atoms with Crippen LogP contribution < -0.4 is 4.74 Å². The van der Waals surface area contributed by atoms with E-state index in [0.29, 0.717) is 17.0 Å². The van der Waals surface area contributed by atoms with Gasteiger partial charge in [0.05, 0.1) is 22.7 Å². The molecule has 0 radical (unpaired) electrons. The molecule has 0 aliphatic carbocycles. The van der Waals surface area contributed by atoms with Crippen molar-refractivity contribution in [1.29, 1.82) is 0 Å². The first-order chi connectivity index (χ1) is 16.3. The van der Waals surface area contributed by atoms with Crippen molar-refractivity contribution in [2.75, 3.05) is 13.2 Å². The standard InChI is InChI=1S/C27H28N4O3/c1-18(2)27(32)34-15-14-33-26-13-11-24(17-21(26)5)30-31-25-12-10-23(16-20(25)4)29-28-22-8-6-19(3)7-9-22/h6-13,16-17H,1,14-15H2,2-5H3. The Morgan fingerprint density at radius 3 is 2.00 bits per heavy atom. The fraction of sp³-hybridized carbons (Fsp3) is 0.222. The Bertz CT molecular complexity index is 1230. The lowest BCUT2D eigenvalue weighted by molar-refractivity contribution is -0.139. The van der Waals surface area contributed by atoms with E-state index in [2.05, 4.69) is 27.0 Å². The molecule has 0 N–H and O–H groups in total. The third-order valence-corrected chi connectivity index (χ3v) is 4.85. The number of carbonyl (C=O) groups excluding carboxylic acids is 1. The van der Waals surface area contributed by atoms with Crippen molar-refractivity contribution in [3.05, 3.63) is 89.5 Å². The first kappa shape index (κ1) is 24.5. The lowest BCUT2D eigenvalue weighted by Crippen LogP contribution is -2.12. The molecule has 0 fully saturated rings. The molecule has 0 spiro atoms. The number of rotatable bonds is 9. The molecule has 34 heavy (non-hydrogen) atoms. The molecule has 3 aromatic carbocycles. The molecule has 0 atom stereocenters. The number of ether oxygens (including phenoxy) is 2. The number of nitrogens with zero attached hydrogens (tertiary/aromatic N) is 4. The number of carbonyl (C=O) groups is 1. The Morgan fingerprint density at radius 1 is 0.765 bits per heavy atom. The molecule has 0 bridgehead atoms. The van der Waals surface area contributed by atoms with Crippen molar-refractivity contribution in [3.8, 4) is 5.75 Å². The lowest BCUT2D eigenvalue weighted by Gasteiger charge is -2.10. The van der Waals surface area contributed by atoms with Crippen molar-refractivity contribution in [2.24, 2.45) is 20.5 Å². The summed E-state index contributed by atoms with van der Waals surface area (Å²) in [5.41, 5.74) is 6.43. The maximum atomic E-state index is 11.4. The highest BCUT2D eigenvalue weighted by Gasteiger charge is 2.05. The van der Waals surface area contributed by atoms with Crippen molar-refractivity contribution in [1.82, 2.24) is 0 Å². The summed E-state index contributed by atoms with van der Waals surface area (Å²) in [6.45, 7) is 11.5. The van der Waals surface area contributed by atoms with Crippen LogP contribution in [-0.4, -0.2) is 19.2 Å². The Kier molecular flexibility index (Phi) is 8.40. The molecule has 0 heterocycles. The van der Waals surface area contributed by atoms with Gasteiger partial charge in [0, 0.05) is 5.57 Å². The van der Waals surface area contributed by atoms with Gasteiger partial charge in [0.15, 0.2) is 0 Å². The normalized spacial score (nSPS) is 11.2. The fourth-order valence-corrected chi connectivity index (χ4v) is 2.92. The summed E-state index contributed by atoms with van der Waals surface area (Å²) in [5, 5.41) is 17.3. The van der Waals surface area contributed by atoms with Gasteiger partial charge in [0.25, 0.3) is 0 Å². The van der Waals surface area contributed by atoms with Crippen LogP contribution >= 0.6 is 0 Å². The van der Waals surface area contributed by atoms with Crippen molar-refractivity contribution >= 4 is 28.7 Å². The Balaban J connectivity index is 1.59. The fourth-order valence-electron chi connectivity index (χ4n) is 2.92. The van der Waals surface area contributed by atoms with E-state index >= 15 is 0 Å².